The lowest BCUT2D eigenvalue weighted by Crippen LogP contribution is -1.92. The molecule has 12 heavy (non-hydrogen) atoms. The second-order valence-electron chi connectivity index (χ2n) is 2.28. The third-order valence-corrected chi connectivity index (χ3v) is 1.46. The van der Waals surface area contributed by atoms with Crippen molar-refractivity contribution in [3.05, 3.63) is 29.6 Å². The van der Waals surface area contributed by atoms with E-state index >= 15 is 0 Å². The number of aliphatic imine (C=N–C) groups is 1. The molecule has 62 valence electrons. The average Bonchev–Trinajstić information content (AvgIpc) is 2.15. The van der Waals surface area contributed by atoms with Gasteiger partial charge < -0.3 is 5.41 Å². The van der Waals surface area contributed by atoms with Gasteiger partial charge in [0.15, 0.2) is 0 Å². The first-order valence-corrected chi connectivity index (χ1v) is 3.82. The second kappa shape index (κ2) is 4.38. The van der Waals surface area contributed by atoms with Gasteiger partial charge >= 0.3 is 0 Å². The maximum absolute atomic E-state index is 7.09. The monoisotopic (exact) mass is 161 g/mol. The van der Waals surface area contributed by atoms with E-state index < -0.39 is 0 Å². The number of nitrogens with zero attached hydrogens (tertiary/aromatic N) is 2. The Kier molecular flexibility index (Phi) is 3.14. The molecule has 3 heteroatoms. The molecule has 1 aromatic heterocycles. The van der Waals surface area contributed by atoms with E-state index in [9.17, 15) is 0 Å². The van der Waals surface area contributed by atoms with Crippen LogP contribution in [-0.2, 0) is 0 Å². The van der Waals surface area contributed by atoms with Crippen LogP contribution in [0.1, 0.15) is 18.1 Å². The largest absolute Gasteiger partial charge is 0.308 e. The summed E-state index contributed by atoms with van der Waals surface area (Å²) < 4.78 is 0. The second-order valence-corrected chi connectivity index (χ2v) is 2.28. The number of rotatable bonds is 3. The molecule has 0 saturated carbocycles. The summed E-state index contributed by atoms with van der Waals surface area (Å²) in [7, 11) is 0. The van der Waals surface area contributed by atoms with Gasteiger partial charge in [-0.3, -0.25) is 9.98 Å². The Morgan fingerprint density at radius 2 is 2.42 bits per heavy atom. The molecule has 1 aromatic rings. The van der Waals surface area contributed by atoms with Crippen LogP contribution < -0.4 is 0 Å². The van der Waals surface area contributed by atoms with Crippen LogP contribution in [0.3, 0.4) is 0 Å². The smallest absolute Gasteiger partial charge is 0.0362 e. The van der Waals surface area contributed by atoms with E-state index in [0.717, 1.165) is 17.7 Å². The van der Waals surface area contributed by atoms with Crippen LogP contribution in [0, 0.1) is 5.41 Å². The Morgan fingerprint density at radius 1 is 1.58 bits per heavy atom. The van der Waals surface area contributed by atoms with Gasteiger partial charge in [-0.05, 0) is 13.0 Å². The van der Waals surface area contributed by atoms with E-state index in [1.54, 1.807) is 18.6 Å². The van der Waals surface area contributed by atoms with Crippen molar-refractivity contribution >= 4 is 12.4 Å². The average molecular weight is 161 g/mol. The molecule has 1 N–H and O–H groups in total. The fourth-order valence-corrected chi connectivity index (χ4v) is 0.845. The van der Waals surface area contributed by atoms with Gasteiger partial charge in [-0.1, -0.05) is 0 Å². The van der Waals surface area contributed by atoms with Crippen LogP contribution in [0.25, 0.3) is 0 Å². The van der Waals surface area contributed by atoms with E-state index in [-0.39, 0.29) is 0 Å². The van der Waals surface area contributed by atoms with E-state index in [4.69, 9.17) is 5.41 Å². The molecule has 0 fully saturated rings. The van der Waals surface area contributed by atoms with Crippen molar-refractivity contribution in [1.82, 2.24) is 4.98 Å². The molecule has 0 aliphatic carbocycles. The van der Waals surface area contributed by atoms with Crippen molar-refractivity contribution in [2.45, 2.75) is 6.92 Å². The van der Waals surface area contributed by atoms with Gasteiger partial charge in [0.1, 0.15) is 0 Å². The molecule has 1 heterocycles. The number of hydrogen-bond donors (Lipinski definition) is 1. The fraction of sp³-hybridized carbons (Fsp3) is 0.222. The summed E-state index contributed by atoms with van der Waals surface area (Å²) in [5.41, 5.74) is 1.75. The van der Waals surface area contributed by atoms with Gasteiger partial charge in [0.05, 0.1) is 0 Å². The number of nitrogens with one attached hydrogen (secondary N) is 1. The molecule has 0 saturated heterocycles. The maximum atomic E-state index is 7.09. The number of aromatic nitrogens is 1. The van der Waals surface area contributed by atoms with Gasteiger partial charge in [0, 0.05) is 42.5 Å². The predicted molar refractivity (Wildman–Crippen MR) is 50.3 cm³/mol. The minimum absolute atomic E-state index is 0.764. The lowest BCUT2D eigenvalue weighted by molar-refractivity contribution is 1.14. The van der Waals surface area contributed by atoms with Crippen molar-refractivity contribution < 1.29 is 0 Å². The topological polar surface area (TPSA) is 49.1 Å². The molecule has 0 aliphatic heterocycles. The molecule has 0 atom stereocenters. The van der Waals surface area contributed by atoms with Crippen LogP contribution in [-0.4, -0.2) is 24.0 Å². The molecule has 0 amide bonds. The minimum atomic E-state index is 0.764. The van der Waals surface area contributed by atoms with Crippen LogP contribution in [0.2, 0.25) is 0 Å². The third-order valence-electron chi connectivity index (χ3n) is 1.46. The summed E-state index contributed by atoms with van der Waals surface area (Å²) >= 11 is 0. The van der Waals surface area contributed by atoms with Gasteiger partial charge in [0.25, 0.3) is 0 Å². The highest BCUT2D eigenvalue weighted by atomic mass is 14.7. The van der Waals surface area contributed by atoms with Crippen molar-refractivity contribution in [3.63, 3.8) is 0 Å². The highest BCUT2D eigenvalue weighted by molar-refractivity contribution is 5.92. The molecule has 1 rings (SSSR count). The van der Waals surface area contributed by atoms with E-state index in [0.29, 0.717) is 0 Å². The zero-order valence-corrected chi connectivity index (χ0v) is 6.99. The highest BCUT2D eigenvalue weighted by Gasteiger charge is 1.93. The molecule has 0 radical (unpaired) electrons. The van der Waals surface area contributed by atoms with Crippen molar-refractivity contribution in [2.75, 3.05) is 6.54 Å². The van der Waals surface area contributed by atoms with Crippen LogP contribution in [0.15, 0.2) is 23.5 Å². The van der Waals surface area contributed by atoms with Crippen molar-refractivity contribution in [1.29, 1.82) is 5.41 Å². The minimum Gasteiger partial charge on any atom is -0.308 e. The first kappa shape index (κ1) is 8.59. The van der Waals surface area contributed by atoms with Crippen LogP contribution >= 0.6 is 0 Å². The van der Waals surface area contributed by atoms with Crippen molar-refractivity contribution in [3.8, 4) is 0 Å². The Bertz CT molecular complexity index is 292. The van der Waals surface area contributed by atoms with E-state index in [2.05, 4.69) is 9.98 Å². The van der Waals surface area contributed by atoms with Gasteiger partial charge in [-0.25, -0.2) is 0 Å². The predicted octanol–water partition coefficient (Wildman–Crippen LogP) is 1.52. The van der Waals surface area contributed by atoms with Gasteiger partial charge in [-0.2, -0.15) is 0 Å². The standard InChI is InChI=1S/C9H11N3/c1-2-11-6-8-3-4-12-7-9(8)5-10/h3-7,10H,2H2,1H3. The molecular weight excluding hydrogens is 150 g/mol. The van der Waals surface area contributed by atoms with Crippen LogP contribution in [0.5, 0.6) is 0 Å². The first-order valence-electron chi connectivity index (χ1n) is 3.82. The van der Waals surface area contributed by atoms with Gasteiger partial charge in [-0.15, -0.1) is 0 Å². The summed E-state index contributed by atoms with van der Waals surface area (Å²) in [6, 6.07) is 1.85. The SMILES string of the molecule is CCN=Cc1ccncc1C=N. The summed E-state index contributed by atoms with van der Waals surface area (Å²) in [5, 5.41) is 7.09. The molecule has 0 spiro atoms. The summed E-state index contributed by atoms with van der Waals surface area (Å²) in [6.45, 7) is 2.74. The molecule has 0 aromatic carbocycles. The molecule has 0 bridgehead atoms. The number of pyridine rings is 1. The van der Waals surface area contributed by atoms with Gasteiger partial charge in [0.2, 0.25) is 0 Å². The summed E-state index contributed by atoms with van der Waals surface area (Å²) in [5.74, 6) is 0. The summed E-state index contributed by atoms with van der Waals surface area (Å²) in [6.07, 6.45) is 6.40. The summed E-state index contributed by atoms with van der Waals surface area (Å²) in [4.78, 5) is 8.01. The molecule has 0 aliphatic rings. The molecular formula is C9H11N3. The Morgan fingerprint density at radius 3 is 3.08 bits per heavy atom. The first-order chi connectivity index (χ1) is 5.88. The highest BCUT2D eigenvalue weighted by Crippen LogP contribution is 2.00. The zero-order valence-electron chi connectivity index (χ0n) is 6.99. The van der Waals surface area contributed by atoms with Crippen LogP contribution in [0.4, 0.5) is 0 Å². The maximum Gasteiger partial charge on any atom is 0.0362 e. The normalized spacial score (nSPS) is 10.4. The Balaban J connectivity index is 2.96. The number of hydrogen-bond acceptors (Lipinski definition) is 3. The Labute approximate surface area is 71.7 Å². The Hall–Kier alpha value is -1.51. The fourth-order valence-electron chi connectivity index (χ4n) is 0.845. The van der Waals surface area contributed by atoms with Crippen molar-refractivity contribution in [2.24, 2.45) is 4.99 Å². The molecule has 0 unspecified atom stereocenters. The lowest BCUT2D eigenvalue weighted by atomic mass is 10.2. The third kappa shape index (κ3) is 1.99. The zero-order chi connectivity index (χ0) is 8.81. The quantitative estimate of drug-likeness (QED) is 0.671. The molecule has 3 nitrogen and oxygen atoms in total. The lowest BCUT2D eigenvalue weighted by Gasteiger charge is -1.95. The van der Waals surface area contributed by atoms with E-state index in [1.807, 2.05) is 13.0 Å². The van der Waals surface area contributed by atoms with E-state index in [1.165, 1.54) is 6.21 Å².